The van der Waals surface area contributed by atoms with Crippen LogP contribution in [0.4, 0.5) is 5.82 Å². The molecule has 2 heterocycles. The van der Waals surface area contributed by atoms with Crippen LogP contribution in [0.5, 0.6) is 0 Å². The van der Waals surface area contributed by atoms with Crippen LogP contribution in [0, 0.1) is 0 Å². The molecule has 0 saturated heterocycles. The Morgan fingerprint density at radius 1 is 1.32 bits per heavy atom. The van der Waals surface area contributed by atoms with E-state index in [1.807, 2.05) is 32.1 Å². The van der Waals surface area contributed by atoms with E-state index >= 15 is 0 Å². The molecule has 25 heavy (non-hydrogen) atoms. The first kappa shape index (κ1) is 17.0. The Morgan fingerprint density at radius 3 is 2.68 bits per heavy atom. The van der Waals surface area contributed by atoms with E-state index in [9.17, 15) is 9.59 Å². The van der Waals surface area contributed by atoms with Crippen LogP contribution in [0.1, 0.15) is 35.3 Å². The third-order valence-corrected chi connectivity index (χ3v) is 4.35. The molecule has 0 atom stereocenters. The van der Waals surface area contributed by atoms with Crippen LogP contribution in [0.15, 0.2) is 40.7 Å². The first-order chi connectivity index (χ1) is 12.0. The molecule has 0 unspecified atom stereocenters. The lowest BCUT2D eigenvalue weighted by Gasteiger charge is -2.18. The Bertz CT molecular complexity index is 857. The van der Waals surface area contributed by atoms with Crippen molar-refractivity contribution in [3.8, 4) is 0 Å². The number of fused-ring (bicyclic) bond motifs is 1. The number of anilines is 1. The third kappa shape index (κ3) is 3.51. The lowest BCUT2D eigenvalue weighted by molar-refractivity contribution is 0.0706. The molecule has 1 aliphatic heterocycles. The highest BCUT2D eigenvalue weighted by molar-refractivity contribution is 5.93. The Morgan fingerprint density at radius 2 is 2.04 bits per heavy atom. The Balaban J connectivity index is 1.76. The van der Waals surface area contributed by atoms with Gasteiger partial charge >= 0.3 is 0 Å². The monoisotopic (exact) mass is 342 g/mol. The summed E-state index contributed by atoms with van der Waals surface area (Å²) in [5.74, 6) is 0.347. The van der Waals surface area contributed by atoms with Crippen molar-refractivity contribution in [2.24, 2.45) is 0 Å². The van der Waals surface area contributed by atoms with Crippen LogP contribution >= 0.6 is 0 Å². The molecule has 1 aliphatic rings. The maximum absolute atomic E-state index is 12.4. The lowest BCUT2D eigenvalue weighted by Crippen LogP contribution is -2.23. The van der Waals surface area contributed by atoms with Crippen molar-refractivity contribution in [2.75, 3.05) is 11.4 Å². The second kappa shape index (κ2) is 6.98. The van der Waals surface area contributed by atoms with E-state index in [4.69, 9.17) is 5.21 Å². The molecule has 132 valence electrons. The molecule has 2 aromatic rings. The number of hydroxylamine groups is 1. The number of rotatable bonds is 5. The molecular formula is C18H22N4O3. The molecule has 1 amide bonds. The fourth-order valence-corrected chi connectivity index (χ4v) is 2.96. The smallest absolute Gasteiger partial charge is 0.274 e. The second-order valence-corrected chi connectivity index (χ2v) is 6.45. The molecule has 1 aromatic heterocycles. The van der Waals surface area contributed by atoms with Crippen molar-refractivity contribution in [3.05, 3.63) is 63.0 Å². The summed E-state index contributed by atoms with van der Waals surface area (Å²) in [6.45, 7) is 6.01. The number of hydrogen-bond acceptors (Lipinski definition) is 4. The fraction of sp³-hybridized carbons (Fsp3) is 0.333. The summed E-state index contributed by atoms with van der Waals surface area (Å²) in [5, 5.41) is 11.9. The minimum Gasteiger partial charge on any atom is -0.352 e. The highest BCUT2D eigenvalue weighted by Crippen LogP contribution is 2.25. The van der Waals surface area contributed by atoms with E-state index in [1.165, 1.54) is 5.57 Å². The summed E-state index contributed by atoms with van der Waals surface area (Å²) in [6, 6.07) is 7.03. The largest absolute Gasteiger partial charge is 0.352 e. The predicted molar refractivity (Wildman–Crippen MR) is 94.9 cm³/mol. The number of amides is 1. The van der Waals surface area contributed by atoms with E-state index < -0.39 is 5.91 Å². The standard InChI is InChI=1S/C18H22N4O3/c1-12(2)7-10-22-18(24)15-8-9-21(16(15)19-22)11-13-3-5-14(6-4-13)17(23)20-25/h3-7,19,25H,8-11H2,1-2H3,(H,20,23). The molecule has 0 fully saturated rings. The van der Waals surface area contributed by atoms with E-state index in [-0.39, 0.29) is 5.56 Å². The number of carbonyl (C=O) groups is 1. The average Bonchev–Trinajstić information content (AvgIpc) is 3.14. The number of H-pyrrole nitrogens is 1. The summed E-state index contributed by atoms with van der Waals surface area (Å²) < 4.78 is 1.64. The minimum atomic E-state index is -0.532. The quantitative estimate of drug-likeness (QED) is 0.439. The molecule has 3 rings (SSSR count). The lowest BCUT2D eigenvalue weighted by atomic mass is 10.1. The first-order valence-electron chi connectivity index (χ1n) is 8.23. The highest BCUT2D eigenvalue weighted by Gasteiger charge is 2.25. The first-order valence-corrected chi connectivity index (χ1v) is 8.23. The van der Waals surface area contributed by atoms with Gasteiger partial charge in [-0.15, -0.1) is 0 Å². The molecule has 3 N–H and O–H groups in total. The summed E-state index contributed by atoms with van der Waals surface area (Å²) in [7, 11) is 0. The van der Waals surface area contributed by atoms with Gasteiger partial charge in [-0.1, -0.05) is 23.8 Å². The van der Waals surface area contributed by atoms with Crippen LogP contribution in [0.25, 0.3) is 0 Å². The summed E-state index contributed by atoms with van der Waals surface area (Å²) in [6.07, 6.45) is 2.75. The Hall–Kier alpha value is -2.80. The number of nitrogens with one attached hydrogen (secondary N) is 2. The fourth-order valence-electron chi connectivity index (χ4n) is 2.96. The van der Waals surface area contributed by atoms with Crippen molar-refractivity contribution in [1.82, 2.24) is 15.3 Å². The van der Waals surface area contributed by atoms with Crippen molar-refractivity contribution < 1.29 is 10.0 Å². The number of carbonyl (C=O) groups excluding carboxylic acids is 1. The van der Waals surface area contributed by atoms with Crippen molar-refractivity contribution in [3.63, 3.8) is 0 Å². The zero-order valence-corrected chi connectivity index (χ0v) is 14.4. The van der Waals surface area contributed by atoms with Crippen LogP contribution < -0.4 is 15.9 Å². The van der Waals surface area contributed by atoms with Crippen LogP contribution in [0.3, 0.4) is 0 Å². The van der Waals surface area contributed by atoms with Gasteiger partial charge in [-0.25, -0.2) is 10.2 Å². The Labute approximate surface area is 145 Å². The van der Waals surface area contributed by atoms with Gasteiger partial charge in [-0.2, -0.15) is 0 Å². The zero-order valence-electron chi connectivity index (χ0n) is 14.4. The zero-order chi connectivity index (χ0) is 18.0. The maximum Gasteiger partial charge on any atom is 0.274 e. The molecular weight excluding hydrogens is 320 g/mol. The van der Waals surface area contributed by atoms with Crippen LogP contribution in [0.2, 0.25) is 0 Å². The van der Waals surface area contributed by atoms with Crippen LogP contribution in [-0.2, 0) is 19.5 Å². The average molecular weight is 342 g/mol. The molecule has 1 aromatic carbocycles. The number of aromatic nitrogens is 2. The van der Waals surface area contributed by atoms with Gasteiger partial charge in [0.15, 0.2) is 0 Å². The molecule has 7 heteroatoms. The molecule has 0 aliphatic carbocycles. The van der Waals surface area contributed by atoms with E-state index in [0.29, 0.717) is 18.7 Å². The van der Waals surface area contributed by atoms with Gasteiger partial charge in [0.2, 0.25) is 0 Å². The Kier molecular flexibility index (Phi) is 4.76. The van der Waals surface area contributed by atoms with Gasteiger partial charge in [0, 0.05) is 18.7 Å². The SMILES string of the molecule is CC(C)=CCn1[nH]c2c(c1=O)CCN2Cc1ccc(C(=O)NO)cc1. The normalized spacial score (nSPS) is 12.8. The topological polar surface area (TPSA) is 90.4 Å². The minimum absolute atomic E-state index is 0.0463. The van der Waals surface area contributed by atoms with Gasteiger partial charge in [0.25, 0.3) is 11.5 Å². The number of nitrogens with zero attached hydrogens (tertiary/aromatic N) is 2. The van der Waals surface area contributed by atoms with Crippen molar-refractivity contribution in [1.29, 1.82) is 0 Å². The maximum atomic E-state index is 12.4. The van der Waals surface area contributed by atoms with Gasteiger partial charge in [-0.05, 0) is 38.0 Å². The molecule has 0 bridgehead atoms. The summed E-state index contributed by atoms with van der Waals surface area (Å²) >= 11 is 0. The molecule has 7 nitrogen and oxygen atoms in total. The number of aromatic amines is 1. The molecule has 0 spiro atoms. The molecule has 0 saturated carbocycles. The third-order valence-electron chi connectivity index (χ3n) is 4.35. The van der Waals surface area contributed by atoms with Crippen molar-refractivity contribution >= 4 is 11.7 Å². The van der Waals surface area contributed by atoms with Gasteiger partial charge < -0.3 is 4.90 Å². The summed E-state index contributed by atoms with van der Waals surface area (Å²) in [5.41, 5.74) is 5.09. The number of hydrogen-bond donors (Lipinski definition) is 3. The molecule has 0 radical (unpaired) electrons. The van der Waals surface area contributed by atoms with Crippen molar-refractivity contribution in [2.45, 2.75) is 33.4 Å². The number of allylic oxidation sites excluding steroid dienone is 2. The van der Waals surface area contributed by atoms with Crippen LogP contribution in [-0.4, -0.2) is 27.4 Å². The predicted octanol–water partition coefficient (Wildman–Crippen LogP) is 1.82. The van der Waals surface area contributed by atoms with E-state index in [0.717, 1.165) is 29.9 Å². The number of benzene rings is 1. The van der Waals surface area contributed by atoms with Gasteiger partial charge in [0.1, 0.15) is 5.82 Å². The van der Waals surface area contributed by atoms with Gasteiger partial charge in [0.05, 0.1) is 12.1 Å². The van der Waals surface area contributed by atoms with E-state index in [1.54, 1.807) is 22.3 Å². The van der Waals surface area contributed by atoms with Gasteiger partial charge in [-0.3, -0.25) is 19.9 Å². The summed E-state index contributed by atoms with van der Waals surface area (Å²) in [4.78, 5) is 25.9. The highest BCUT2D eigenvalue weighted by atomic mass is 16.5. The van der Waals surface area contributed by atoms with E-state index in [2.05, 4.69) is 10.00 Å². The second-order valence-electron chi connectivity index (χ2n) is 6.45.